The Labute approximate surface area is 123 Å². The van der Waals surface area contributed by atoms with Crippen molar-refractivity contribution in [1.29, 1.82) is 0 Å². The highest BCUT2D eigenvalue weighted by molar-refractivity contribution is 5.80. The number of hydrogen-bond acceptors (Lipinski definition) is 5. The van der Waals surface area contributed by atoms with E-state index in [0.717, 1.165) is 25.9 Å². The monoisotopic (exact) mass is 286 g/mol. The van der Waals surface area contributed by atoms with Crippen LogP contribution in [0.3, 0.4) is 0 Å². The van der Waals surface area contributed by atoms with E-state index in [1.165, 1.54) is 0 Å². The largest absolute Gasteiger partial charge is 0.465 e. The number of likely N-dealkylation sites (tertiary alicyclic amines) is 1. The molecule has 1 N–H and O–H groups in total. The molecule has 1 unspecified atom stereocenters. The average molecular weight is 286 g/mol. The van der Waals surface area contributed by atoms with E-state index >= 15 is 0 Å². The van der Waals surface area contributed by atoms with E-state index in [2.05, 4.69) is 24.1 Å². The fourth-order valence-electron chi connectivity index (χ4n) is 2.85. The molecule has 1 rings (SSSR count). The van der Waals surface area contributed by atoms with Crippen molar-refractivity contribution < 1.29 is 14.3 Å². The third-order valence-electron chi connectivity index (χ3n) is 3.74. The zero-order valence-corrected chi connectivity index (χ0v) is 13.6. The van der Waals surface area contributed by atoms with Crippen LogP contribution >= 0.6 is 0 Å². The predicted octanol–water partition coefficient (Wildman–Crippen LogP) is 1.42. The molecule has 0 aliphatic carbocycles. The van der Waals surface area contributed by atoms with Crippen LogP contribution in [0.2, 0.25) is 0 Å². The molecule has 1 aliphatic rings. The molecule has 0 aromatic carbocycles. The zero-order valence-electron chi connectivity index (χ0n) is 13.6. The van der Waals surface area contributed by atoms with Gasteiger partial charge in [-0.2, -0.15) is 0 Å². The Balaban J connectivity index is 2.63. The summed E-state index contributed by atoms with van der Waals surface area (Å²) >= 11 is 0. The molecule has 0 aromatic rings. The van der Waals surface area contributed by atoms with Crippen LogP contribution in [0.1, 0.15) is 40.5 Å². The number of ether oxygens (including phenoxy) is 2. The van der Waals surface area contributed by atoms with Gasteiger partial charge in [0.25, 0.3) is 0 Å². The Morgan fingerprint density at radius 2 is 2.00 bits per heavy atom. The Bertz CT molecular complexity index is 301. The van der Waals surface area contributed by atoms with E-state index in [-0.39, 0.29) is 12.0 Å². The summed E-state index contributed by atoms with van der Waals surface area (Å²) in [7, 11) is 1.77. The van der Waals surface area contributed by atoms with Crippen LogP contribution in [-0.2, 0) is 14.3 Å². The number of nitrogens with one attached hydrogen (secondary N) is 1. The van der Waals surface area contributed by atoms with Crippen LogP contribution < -0.4 is 5.32 Å². The fourth-order valence-corrected chi connectivity index (χ4v) is 2.85. The number of esters is 1. The molecule has 1 atom stereocenters. The summed E-state index contributed by atoms with van der Waals surface area (Å²) in [6.45, 7) is 10.9. The Hall–Kier alpha value is -0.650. The van der Waals surface area contributed by atoms with E-state index in [0.29, 0.717) is 19.3 Å². The molecular weight excluding hydrogens is 256 g/mol. The molecule has 1 fully saturated rings. The van der Waals surface area contributed by atoms with Crippen molar-refractivity contribution in [3.05, 3.63) is 0 Å². The summed E-state index contributed by atoms with van der Waals surface area (Å²) in [4.78, 5) is 14.6. The first-order chi connectivity index (χ1) is 9.41. The lowest BCUT2D eigenvalue weighted by Gasteiger charge is -2.38. The number of hydrogen-bond donors (Lipinski definition) is 1. The molecule has 0 aromatic heterocycles. The number of piperidine rings is 1. The normalized spacial score (nSPS) is 20.9. The minimum absolute atomic E-state index is 0.164. The SMILES string of the molecule is CCOC(=O)C(C)(CN1CCC(OC)CC1)NC(C)C. The Kier molecular flexibility index (Phi) is 6.92. The van der Waals surface area contributed by atoms with Crippen molar-refractivity contribution in [2.24, 2.45) is 0 Å². The molecule has 0 spiro atoms. The highest BCUT2D eigenvalue weighted by Crippen LogP contribution is 2.17. The van der Waals surface area contributed by atoms with E-state index in [9.17, 15) is 4.79 Å². The summed E-state index contributed by atoms with van der Waals surface area (Å²) in [5.74, 6) is -0.164. The van der Waals surface area contributed by atoms with Crippen molar-refractivity contribution in [2.75, 3.05) is 33.4 Å². The number of rotatable bonds is 7. The fraction of sp³-hybridized carbons (Fsp3) is 0.933. The van der Waals surface area contributed by atoms with Gasteiger partial charge in [-0.1, -0.05) is 0 Å². The van der Waals surface area contributed by atoms with Gasteiger partial charge in [-0.05, 0) is 40.5 Å². The molecule has 5 nitrogen and oxygen atoms in total. The van der Waals surface area contributed by atoms with Gasteiger partial charge >= 0.3 is 5.97 Å². The summed E-state index contributed by atoms with van der Waals surface area (Å²) in [6, 6.07) is 0.237. The van der Waals surface area contributed by atoms with Crippen molar-refractivity contribution in [3.63, 3.8) is 0 Å². The van der Waals surface area contributed by atoms with Crippen LogP contribution in [0, 0.1) is 0 Å². The van der Waals surface area contributed by atoms with Gasteiger partial charge in [0.2, 0.25) is 0 Å². The van der Waals surface area contributed by atoms with E-state index in [1.54, 1.807) is 7.11 Å². The first kappa shape index (κ1) is 17.4. The highest BCUT2D eigenvalue weighted by atomic mass is 16.5. The van der Waals surface area contributed by atoms with Crippen molar-refractivity contribution >= 4 is 5.97 Å². The zero-order chi connectivity index (χ0) is 15.2. The highest BCUT2D eigenvalue weighted by Gasteiger charge is 2.37. The lowest BCUT2D eigenvalue weighted by molar-refractivity contribution is -0.152. The molecule has 1 aliphatic heterocycles. The quantitative estimate of drug-likeness (QED) is 0.717. The number of carbonyl (C=O) groups is 1. The molecular formula is C15H30N2O3. The van der Waals surface area contributed by atoms with Gasteiger partial charge in [0.1, 0.15) is 5.54 Å². The van der Waals surface area contributed by atoms with Crippen molar-refractivity contribution in [1.82, 2.24) is 10.2 Å². The minimum Gasteiger partial charge on any atom is -0.465 e. The first-order valence-corrected chi connectivity index (χ1v) is 7.61. The number of carbonyl (C=O) groups excluding carboxylic acids is 1. The second-order valence-corrected chi connectivity index (χ2v) is 6.06. The van der Waals surface area contributed by atoms with Gasteiger partial charge in [-0.3, -0.25) is 10.1 Å². The van der Waals surface area contributed by atoms with Crippen LogP contribution in [-0.4, -0.2) is 61.9 Å². The molecule has 0 radical (unpaired) electrons. The summed E-state index contributed by atoms with van der Waals surface area (Å²) in [6.07, 6.45) is 2.41. The Morgan fingerprint density at radius 3 is 2.45 bits per heavy atom. The molecule has 0 saturated carbocycles. The molecule has 1 saturated heterocycles. The van der Waals surface area contributed by atoms with Gasteiger partial charge in [-0.15, -0.1) is 0 Å². The lowest BCUT2D eigenvalue weighted by atomic mass is 9.98. The predicted molar refractivity (Wildman–Crippen MR) is 79.8 cm³/mol. The first-order valence-electron chi connectivity index (χ1n) is 7.61. The summed E-state index contributed by atoms with van der Waals surface area (Å²) in [5, 5.41) is 3.37. The second kappa shape index (κ2) is 7.96. The third-order valence-corrected chi connectivity index (χ3v) is 3.74. The van der Waals surface area contributed by atoms with Crippen LogP contribution in [0.25, 0.3) is 0 Å². The van der Waals surface area contributed by atoms with Gasteiger partial charge in [0.05, 0.1) is 12.7 Å². The average Bonchev–Trinajstić information content (AvgIpc) is 2.39. The van der Waals surface area contributed by atoms with Gasteiger partial charge in [0.15, 0.2) is 0 Å². The van der Waals surface area contributed by atoms with Crippen LogP contribution in [0.15, 0.2) is 0 Å². The van der Waals surface area contributed by atoms with E-state index < -0.39 is 5.54 Å². The van der Waals surface area contributed by atoms with Crippen LogP contribution in [0.4, 0.5) is 0 Å². The van der Waals surface area contributed by atoms with E-state index in [4.69, 9.17) is 9.47 Å². The molecule has 1 heterocycles. The molecule has 118 valence electrons. The lowest BCUT2D eigenvalue weighted by Crippen LogP contribution is -2.60. The van der Waals surface area contributed by atoms with Crippen molar-refractivity contribution in [2.45, 2.75) is 58.2 Å². The topological polar surface area (TPSA) is 50.8 Å². The smallest absolute Gasteiger partial charge is 0.327 e. The maximum Gasteiger partial charge on any atom is 0.327 e. The van der Waals surface area contributed by atoms with Gasteiger partial charge in [0, 0.05) is 32.8 Å². The number of methoxy groups -OCH3 is 1. The third kappa shape index (κ3) is 5.04. The van der Waals surface area contributed by atoms with Gasteiger partial charge in [-0.25, -0.2) is 0 Å². The summed E-state index contributed by atoms with van der Waals surface area (Å²) < 4.78 is 10.6. The Morgan fingerprint density at radius 1 is 1.40 bits per heavy atom. The molecule has 0 bridgehead atoms. The van der Waals surface area contributed by atoms with Crippen LogP contribution in [0.5, 0.6) is 0 Å². The molecule has 5 heteroatoms. The second-order valence-electron chi connectivity index (χ2n) is 6.06. The number of nitrogens with zero attached hydrogens (tertiary/aromatic N) is 1. The van der Waals surface area contributed by atoms with E-state index in [1.807, 2.05) is 13.8 Å². The molecule has 20 heavy (non-hydrogen) atoms. The standard InChI is InChI=1S/C15H30N2O3/c1-6-20-14(18)15(4,16-12(2)3)11-17-9-7-13(19-5)8-10-17/h12-13,16H,6-11H2,1-5H3. The molecule has 0 amide bonds. The summed E-state index contributed by atoms with van der Waals surface area (Å²) in [5.41, 5.74) is -0.649. The maximum atomic E-state index is 12.3. The van der Waals surface area contributed by atoms with Crippen molar-refractivity contribution in [3.8, 4) is 0 Å². The maximum absolute atomic E-state index is 12.3. The minimum atomic E-state index is -0.649. The van der Waals surface area contributed by atoms with Gasteiger partial charge < -0.3 is 14.4 Å².